The Hall–Kier alpha value is -1.31. The van der Waals surface area contributed by atoms with E-state index in [1.54, 1.807) is 0 Å². The van der Waals surface area contributed by atoms with Crippen LogP contribution in [0.2, 0.25) is 0 Å². The van der Waals surface area contributed by atoms with Crippen molar-refractivity contribution >= 4 is 5.91 Å². The standard InChI is InChI=1S/C17H23NO.C2H6/c1-16-10-5-11-17(2,15(18)19)14(16)9-8-12-6-3-4-7-13(12)16;1-2/h3-4,6-7,14H,5,8-11H2,1-2H3,(H2,18,19);1-2H3. The molecule has 0 spiro atoms. The largest absolute Gasteiger partial charge is 0.369 e. The Labute approximate surface area is 129 Å². The first kappa shape index (κ1) is 16.1. The van der Waals surface area contributed by atoms with Gasteiger partial charge < -0.3 is 5.73 Å². The van der Waals surface area contributed by atoms with Crippen LogP contribution in [0, 0.1) is 11.3 Å². The number of nitrogens with two attached hydrogens (primary N) is 1. The summed E-state index contributed by atoms with van der Waals surface area (Å²) in [5, 5.41) is 0. The highest BCUT2D eigenvalue weighted by molar-refractivity contribution is 5.81. The fraction of sp³-hybridized carbons (Fsp3) is 0.632. The maximum atomic E-state index is 12.0. The quantitative estimate of drug-likeness (QED) is 0.826. The molecule has 3 rings (SSSR count). The van der Waals surface area contributed by atoms with E-state index < -0.39 is 0 Å². The number of carbonyl (C=O) groups excluding carboxylic acids is 1. The number of hydrogen-bond donors (Lipinski definition) is 1. The average molecular weight is 287 g/mol. The second-order valence-electron chi connectivity index (χ2n) is 6.80. The molecular formula is C19H29NO. The van der Waals surface area contributed by atoms with Gasteiger partial charge in [-0.05, 0) is 48.1 Å². The van der Waals surface area contributed by atoms with E-state index in [1.807, 2.05) is 13.8 Å². The van der Waals surface area contributed by atoms with Crippen LogP contribution in [0.15, 0.2) is 24.3 Å². The predicted molar refractivity (Wildman–Crippen MR) is 88.1 cm³/mol. The van der Waals surface area contributed by atoms with Crippen LogP contribution in [0.4, 0.5) is 0 Å². The van der Waals surface area contributed by atoms with E-state index in [-0.39, 0.29) is 16.7 Å². The van der Waals surface area contributed by atoms with Gasteiger partial charge in [-0.25, -0.2) is 0 Å². The Morgan fingerprint density at radius 3 is 2.52 bits per heavy atom. The fourth-order valence-electron chi connectivity index (χ4n) is 4.72. The molecule has 0 bridgehead atoms. The Balaban J connectivity index is 0.000000774. The second-order valence-corrected chi connectivity index (χ2v) is 6.80. The minimum absolute atomic E-state index is 0.109. The molecule has 0 heterocycles. The van der Waals surface area contributed by atoms with Gasteiger partial charge in [-0.2, -0.15) is 0 Å². The smallest absolute Gasteiger partial charge is 0.223 e. The summed E-state index contributed by atoms with van der Waals surface area (Å²) in [6.07, 6.45) is 5.40. The maximum Gasteiger partial charge on any atom is 0.223 e. The van der Waals surface area contributed by atoms with Gasteiger partial charge in [-0.3, -0.25) is 4.79 Å². The SMILES string of the molecule is CC.CC1(C(N)=O)CCCC2(C)c3ccccc3CCC12. The summed E-state index contributed by atoms with van der Waals surface area (Å²) in [6.45, 7) is 8.43. The number of hydrogen-bond acceptors (Lipinski definition) is 1. The Bertz CT molecular complexity index is 524. The zero-order valence-electron chi connectivity index (χ0n) is 13.9. The van der Waals surface area contributed by atoms with Crippen molar-refractivity contribution < 1.29 is 4.79 Å². The van der Waals surface area contributed by atoms with Crippen molar-refractivity contribution in [1.82, 2.24) is 0 Å². The van der Waals surface area contributed by atoms with Gasteiger partial charge in [-0.1, -0.05) is 58.4 Å². The summed E-state index contributed by atoms with van der Waals surface area (Å²) in [5.41, 5.74) is 8.46. The predicted octanol–water partition coefficient (Wildman–Crippen LogP) is 4.21. The van der Waals surface area contributed by atoms with Gasteiger partial charge in [0.25, 0.3) is 0 Å². The minimum atomic E-state index is -0.333. The highest BCUT2D eigenvalue weighted by Crippen LogP contribution is 2.56. The highest BCUT2D eigenvalue weighted by atomic mass is 16.1. The number of primary amides is 1. The van der Waals surface area contributed by atoms with Gasteiger partial charge in [0.1, 0.15) is 0 Å². The minimum Gasteiger partial charge on any atom is -0.369 e. The fourth-order valence-corrected chi connectivity index (χ4v) is 4.72. The van der Waals surface area contributed by atoms with Crippen molar-refractivity contribution in [2.45, 2.75) is 65.2 Å². The van der Waals surface area contributed by atoms with Gasteiger partial charge in [0, 0.05) is 5.41 Å². The van der Waals surface area contributed by atoms with E-state index in [9.17, 15) is 4.79 Å². The summed E-state index contributed by atoms with van der Waals surface area (Å²) in [4.78, 5) is 12.0. The third kappa shape index (κ3) is 2.39. The summed E-state index contributed by atoms with van der Waals surface area (Å²) in [6, 6.07) is 8.75. The Kier molecular flexibility index (Phi) is 4.46. The molecule has 2 nitrogen and oxygen atoms in total. The molecule has 0 radical (unpaired) electrons. The van der Waals surface area contributed by atoms with E-state index in [2.05, 4.69) is 38.1 Å². The molecule has 2 N–H and O–H groups in total. The lowest BCUT2D eigenvalue weighted by Crippen LogP contribution is -2.54. The molecule has 116 valence electrons. The van der Waals surface area contributed by atoms with E-state index in [0.29, 0.717) is 5.92 Å². The van der Waals surface area contributed by atoms with Crippen molar-refractivity contribution in [3.05, 3.63) is 35.4 Å². The van der Waals surface area contributed by atoms with Crippen LogP contribution in [0.1, 0.15) is 64.5 Å². The molecule has 3 unspecified atom stereocenters. The van der Waals surface area contributed by atoms with Gasteiger partial charge in [0.15, 0.2) is 0 Å². The molecule has 0 aromatic heterocycles. The van der Waals surface area contributed by atoms with Crippen LogP contribution >= 0.6 is 0 Å². The molecule has 1 aromatic rings. The molecular weight excluding hydrogens is 258 g/mol. The number of carbonyl (C=O) groups is 1. The van der Waals surface area contributed by atoms with Gasteiger partial charge in [0.2, 0.25) is 5.91 Å². The van der Waals surface area contributed by atoms with E-state index in [0.717, 1.165) is 25.7 Å². The van der Waals surface area contributed by atoms with Gasteiger partial charge in [-0.15, -0.1) is 0 Å². The third-order valence-electron chi connectivity index (χ3n) is 5.83. The number of aryl methyl sites for hydroxylation is 1. The van der Waals surface area contributed by atoms with Crippen LogP contribution in [0.5, 0.6) is 0 Å². The Morgan fingerprint density at radius 1 is 1.19 bits per heavy atom. The maximum absolute atomic E-state index is 12.0. The molecule has 1 saturated carbocycles. The molecule has 2 heteroatoms. The van der Waals surface area contributed by atoms with Gasteiger partial charge >= 0.3 is 0 Å². The number of rotatable bonds is 1. The van der Waals surface area contributed by atoms with Crippen LogP contribution in [-0.2, 0) is 16.6 Å². The van der Waals surface area contributed by atoms with Crippen molar-refractivity contribution in [3.63, 3.8) is 0 Å². The van der Waals surface area contributed by atoms with E-state index in [1.165, 1.54) is 17.5 Å². The highest BCUT2D eigenvalue weighted by Gasteiger charge is 2.54. The molecule has 0 saturated heterocycles. The zero-order chi connectivity index (χ0) is 15.7. The van der Waals surface area contributed by atoms with E-state index >= 15 is 0 Å². The van der Waals surface area contributed by atoms with Crippen LogP contribution < -0.4 is 5.73 Å². The molecule has 3 atom stereocenters. The van der Waals surface area contributed by atoms with E-state index in [4.69, 9.17) is 5.73 Å². The number of benzene rings is 1. The van der Waals surface area contributed by atoms with Crippen LogP contribution in [0.3, 0.4) is 0 Å². The third-order valence-corrected chi connectivity index (χ3v) is 5.83. The van der Waals surface area contributed by atoms with Crippen molar-refractivity contribution in [2.24, 2.45) is 17.1 Å². The molecule has 2 aliphatic rings. The molecule has 2 aliphatic carbocycles. The lowest BCUT2D eigenvalue weighted by molar-refractivity contribution is -0.135. The molecule has 0 aliphatic heterocycles. The first-order valence-corrected chi connectivity index (χ1v) is 8.37. The summed E-state index contributed by atoms with van der Waals surface area (Å²) < 4.78 is 0. The second kappa shape index (κ2) is 5.82. The zero-order valence-corrected chi connectivity index (χ0v) is 13.9. The number of fused-ring (bicyclic) bond motifs is 3. The van der Waals surface area contributed by atoms with Crippen LogP contribution in [-0.4, -0.2) is 5.91 Å². The number of amides is 1. The van der Waals surface area contributed by atoms with Crippen molar-refractivity contribution in [3.8, 4) is 0 Å². The monoisotopic (exact) mass is 287 g/mol. The lowest BCUT2D eigenvalue weighted by atomic mass is 9.49. The summed E-state index contributed by atoms with van der Waals surface area (Å²) >= 11 is 0. The van der Waals surface area contributed by atoms with Crippen molar-refractivity contribution in [1.29, 1.82) is 0 Å². The summed E-state index contributed by atoms with van der Waals surface area (Å²) in [7, 11) is 0. The van der Waals surface area contributed by atoms with Gasteiger partial charge in [0.05, 0.1) is 0 Å². The summed E-state index contributed by atoms with van der Waals surface area (Å²) in [5.74, 6) is 0.281. The first-order valence-electron chi connectivity index (χ1n) is 8.37. The molecule has 1 fully saturated rings. The van der Waals surface area contributed by atoms with Crippen LogP contribution in [0.25, 0.3) is 0 Å². The Morgan fingerprint density at radius 2 is 1.86 bits per heavy atom. The lowest BCUT2D eigenvalue weighted by Gasteiger charge is -2.54. The normalized spacial score (nSPS) is 34.0. The van der Waals surface area contributed by atoms with Crippen molar-refractivity contribution in [2.75, 3.05) is 0 Å². The average Bonchev–Trinajstić information content (AvgIpc) is 2.49. The molecule has 1 aromatic carbocycles. The molecule has 21 heavy (non-hydrogen) atoms. The first-order chi connectivity index (χ1) is 9.98. The topological polar surface area (TPSA) is 43.1 Å². The molecule has 1 amide bonds.